The number of nitrogens with zero attached hydrogens (tertiary/aromatic N) is 1. The molecule has 12 aromatic carbocycles. The van der Waals surface area contributed by atoms with Crippen LogP contribution in [0.25, 0.3) is 43.1 Å². The molecule has 14 nitrogen and oxygen atoms in total. The van der Waals surface area contributed by atoms with Crippen LogP contribution in [0.2, 0.25) is 5.02 Å². The molecule has 0 amide bonds. The molecule has 0 aliphatic carbocycles. The molecule has 0 atom stereocenters. The lowest BCUT2D eigenvalue weighted by molar-refractivity contribution is -0.274. The Morgan fingerprint density at radius 1 is 0.374 bits per heavy atom. The third-order valence-electron chi connectivity index (χ3n) is 15.5. The van der Waals surface area contributed by atoms with Gasteiger partial charge in [-0.1, -0.05) is 181 Å². The molecule has 12 rings (SSSR count). The van der Waals surface area contributed by atoms with Crippen molar-refractivity contribution in [1.29, 1.82) is 0 Å². The van der Waals surface area contributed by atoms with E-state index in [9.17, 15) is 60.8 Å². The van der Waals surface area contributed by atoms with Gasteiger partial charge in [-0.15, -0.1) is 13.2 Å². The maximum Gasteiger partial charge on any atom is 0.573 e. The maximum atomic E-state index is 12.9. The topological polar surface area (TPSA) is 199 Å². The zero-order chi connectivity index (χ0) is 70.8. The third-order valence-corrected chi connectivity index (χ3v) is 15.7. The fourth-order valence-electron chi connectivity index (χ4n) is 10.7. The average molecular weight is 1370 g/mol. The molecule has 99 heavy (non-hydrogen) atoms. The van der Waals surface area contributed by atoms with Crippen molar-refractivity contribution in [3.63, 3.8) is 0 Å². The molecule has 0 aliphatic heterocycles. The van der Waals surface area contributed by atoms with Gasteiger partial charge in [0.2, 0.25) is 0 Å². The first-order valence-corrected chi connectivity index (χ1v) is 31.0. The van der Waals surface area contributed by atoms with E-state index in [1.165, 1.54) is 6.07 Å². The van der Waals surface area contributed by atoms with Crippen LogP contribution in [0.1, 0.15) is 83.1 Å². The highest BCUT2D eigenvalue weighted by Crippen LogP contribution is 2.36. The van der Waals surface area contributed by atoms with Crippen LogP contribution >= 0.6 is 11.6 Å². The molecule has 4 N–H and O–H groups in total. The third kappa shape index (κ3) is 19.0. The highest BCUT2D eigenvalue weighted by atomic mass is 35.5. The molecule has 0 spiro atoms. The summed E-state index contributed by atoms with van der Waals surface area (Å²) in [6.45, 7) is 6.43. The van der Waals surface area contributed by atoms with Gasteiger partial charge in [-0.25, -0.2) is 19.2 Å². The van der Waals surface area contributed by atoms with Crippen LogP contribution in [0, 0.1) is 0 Å². The Hall–Kier alpha value is -11.8. The summed E-state index contributed by atoms with van der Waals surface area (Å²) in [5.41, 5.74) is 3.27. The lowest BCUT2D eigenvalue weighted by atomic mass is 10.1. The van der Waals surface area contributed by atoms with E-state index in [2.05, 4.69) is 41.7 Å². The molecule has 0 saturated carbocycles. The normalized spacial score (nSPS) is 11.0. The lowest BCUT2D eigenvalue weighted by Crippen LogP contribution is -2.22. The van der Waals surface area contributed by atoms with Crippen molar-refractivity contribution in [3.05, 3.63) is 298 Å². The molecule has 21 heteroatoms. The summed E-state index contributed by atoms with van der Waals surface area (Å²) >= 11 is 5.84. The van der Waals surface area contributed by atoms with Gasteiger partial charge in [0.05, 0.1) is 5.56 Å². The van der Waals surface area contributed by atoms with E-state index in [1.54, 1.807) is 30.3 Å². The van der Waals surface area contributed by atoms with Gasteiger partial charge in [0.1, 0.15) is 77.4 Å². The van der Waals surface area contributed by atoms with Gasteiger partial charge < -0.3 is 49.0 Å². The van der Waals surface area contributed by atoms with Crippen molar-refractivity contribution >= 4 is 84.3 Å². The highest BCUT2D eigenvalue weighted by Gasteiger charge is 2.33. The Morgan fingerprint density at radius 3 is 1.09 bits per heavy atom. The minimum atomic E-state index is -4.88. The van der Waals surface area contributed by atoms with Crippen molar-refractivity contribution in [2.24, 2.45) is 0 Å². The summed E-state index contributed by atoms with van der Waals surface area (Å²) in [7, 11) is 0. The van der Waals surface area contributed by atoms with Gasteiger partial charge >= 0.3 is 36.4 Å². The van der Waals surface area contributed by atoms with Crippen LogP contribution < -0.4 is 28.6 Å². The second-order valence-electron chi connectivity index (χ2n) is 21.8. The quantitative estimate of drug-likeness (QED) is 0.0526. The average Bonchev–Trinajstić information content (AvgIpc) is 0.857. The number of halogens is 7. The monoisotopic (exact) mass is 1370 g/mol. The van der Waals surface area contributed by atoms with E-state index < -0.39 is 47.7 Å². The van der Waals surface area contributed by atoms with Gasteiger partial charge in [0, 0.05) is 35.9 Å². The van der Waals surface area contributed by atoms with Crippen LogP contribution in [0.3, 0.4) is 0 Å². The largest absolute Gasteiger partial charge is 0.573 e. The molecule has 0 saturated heterocycles. The molecular weight excluding hydrogens is 1310 g/mol. The number of carbonyl (C=O) groups is 4. The summed E-state index contributed by atoms with van der Waals surface area (Å²) in [6.07, 6.45) is -9.45. The molecule has 12 aromatic rings. The molecule has 506 valence electrons. The van der Waals surface area contributed by atoms with E-state index in [1.807, 2.05) is 152 Å². The molecular formula is C78H62ClF6NO13. The second-order valence-corrected chi connectivity index (χ2v) is 22.3. The Balaban J connectivity index is 0.000000154. The van der Waals surface area contributed by atoms with Gasteiger partial charge in [0.25, 0.3) is 0 Å². The number of fused-ring (bicyclic) bond motifs is 4. The molecule has 0 aromatic heterocycles. The minimum Gasteiger partial charge on any atom is -0.488 e. The second kappa shape index (κ2) is 32.8. The zero-order valence-corrected chi connectivity index (χ0v) is 53.6. The number of hydrogen-bond donors (Lipinski definition) is 4. The summed E-state index contributed by atoms with van der Waals surface area (Å²) in [5, 5.41) is 45.7. The fraction of sp³-hybridized carbons (Fsp3) is 0.128. The molecule has 0 aliphatic rings. The lowest BCUT2D eigenvalue weighted by Gasteiger charge is -2.22. The molecule has 0 heterocycles. The van der Waals surface area contributed by atoms with Gasteiger partial charge in [0.15, 0.2) is 0 Å². The number of alkyl halides is 6. The number of carboxylic acid groups (broad SMARTS) is 4. The number of ether oxygens (including phenoxy) is 5. The van der Waals surface area contributed by atoms with Crippen molar-refractivity contribution in [2.75, 3.05) is 18.0 Å². The summed E-state index contributed by atoms with van der Waals surface area (Å²) < 4.78 is 102. The predicted molar refractivity (Wildman–Crippen MR) is 367 cm³/mol. The van der Waals surface area contributed by atoms with E-state index >= 15 is 0 Å². The number of aromatic carboxylic acids is 4. The Bertz CT molecular complexity index is 4840. The number of rotatable bonds is 20. The van der Waals surface area contributed by atoms with Crippen LogP contribution in [0.5, 0.6) is 28.7 Å². The summed E-state index contributed by atoms with van der Waals surface area (Å²) in [5.74, 6) is -5.05. The predicted octanol–water partition coefficient (Wildman–Crippen LogP) is 19.9. The van der Waals surface area contributed by atoms with Crippen LogP contribution in [-0.2, 0) is 32.6 Å². The SMILES string of the molecule is CCN(CC)c1ccc(C(=O)O)c(OCc2cccc3ccccc23)c1.O=C(O)c1cc(Cl)ccc1OCc1cccc2ccccc12.O=C(O)c1ccc(C(F)(F)F)cc1OCc1cccc2ccccc12.O=C(O)c1ccc(OC(F)(F)F)cc1OCc1cccc2ccccc12. The molecule has 0 bridgehead atoms. The Morgan fingerprint density at radius 2 is 0.717 bits per heavy atom. The van der Waals surface area contributed by atoms with Crippen LogP contribution in [-0.4, -0.2) is 63.8 Å². The number of benzene rings is 12. The van der Waals surface area contributed by atoms with E-state index in [0.29, 0.717) is 35.8 Å². The smallest absolute Gasteiger partial charge is 0.488 e. The minimum absolute atomic E-state index is 0.00287. The molecule has 0 fully saturated rings. The number of carboxylic acids is 4. The maximum absolute atomic E-state index is 12.9. The highest BCUT2D eigenvalue weighted by molar-refractivity contribution is 6.31. The standard InChI is InChI=1S/C22H23NO3.C19H13F3O4.C19H13F3O3.C18H13ClO3/c1-3-23(4-2)18-12-13-20(22(24)25)21(14-18)26-15-17-10-7-9-16-8-5-6-11-19(16)17;20-19(21,22)26-14-8-9-16(18(23)24)17(10-14)25-11-13-6-3-5-12-4-1-2-7-15(12)13;20-19(21,22)14-8-9-16(18(23)24)17(10-14)25-11-13-6-3-5-12-4-1-2-7-15(12)13;19-14-8-9-17(16(10-14)18(20)21)22-11-13-6-3-5-12-4-1-2-7-15(12)13/h5-14H,3-4,15H2,1-2H3,(H,24,25);1-10H,11H2,(H,23,24);1-10H,11H2,(H,23,24);1-10H,11H2,(H,20,21). The van der Waals surface area contributed by atoms with E-state index in [-0.39, 0.29) is 47.0 Å². The van der Waals surface area contributed by atoms with Crippen molar-refractivity contribution in [1.82, 2.24) is 0 Å². The first kappa shape index (κ1) is 71.5. The van der Waals surface area contributed by atoms with Gasteiger partial charge in [-0.2, -0.15) is 13.2 Å². The van der Waals surface area contributed by atoms with Crippen molar-refractivity contribution in [3.8, 4) is 28.7 Å². The first-order valence-electron chi connectivity index (χ1n) is 30.6. The van der Waals surface area contributed by atoms with E-state index in [0.717, 1.165) is 114 Å². The van der Waals surface area contributed by atoms with Crippen molar-refractivity contribution in [2.45, 2.75) is 52.8 Å². The Labute approximate surface area is 568 Å². The molecule has 0 unspecified atom stereocenters. The summed E-state index contributed by atoms with van der Waals surface area (Å²) in [6, 6.07) is 69.3. The van der Waals surface area contributed by atoms with E-state index in [4.69, 9.17) is 35.7 Å². The molecule has 0 radical (unpaired) electrons. The van der Waals surface area contributed by atoms with Crippen LogP contribution in [0.4, 0.5) is 32.0 Å². The first-order chi connectivity index (χ1) is 47.5. The number of anilines is 1. The van der Waals surface area contributed by atoms with Gasteiger partial charge in [-0.05, 0) is 140 Å². The fourth-order valence-corrected chi connectivity index (χ4v) is 10.8. The van der Waals surface area contributed by atoms with Crippen molar-refractivity contribution < 1.29 is 89.6 Å². The zero-order valence-electron chi connectivity index (χ0n) is 52.9. The van der Waals surface area contributed by atoms with Crippen LogP contribution in [0.15, 0.2) is 243 Å². The number of hydrogen-bond acceptors (Lipinski definition) is 10. The summed E-state index contributed by atoms with van der Waals surface area (Å²) in [4.78, 5) is 47.5. The van der Waals surface area contributed by atoms with Gasteiger partial charge in [-0.3, -0.25) is 0 Å². The Kier molecular flexibility index (Phi) is 23.7.